The van der Waals surface area contributed by atoms with E-state index in [0.717, 1.165) is 10.7 Å². The summed E-state index contributed by atoms with van der Waals surface area (Å²) >= 11 is 8.94. The fourth-order valence-electron chi connectivity index (χ4n) is 1.19. The van der Waals surface area contributed by atoms with Gasteiger partial charge >= 0.3 is 0 Å². The van der Waals surface area contributed by atoms with E-state index in [0.29, 0.717) is 5.56 Å². The zero-order valence-corrected chi connectivity index (χ0v) is 9.76. The first-order valence-corrected chi connectivity index (χ1v) is 5.28. The zero-order chi connectivity index (χ0) is 10.8. The molecule has 15 heavy (non-hydrogen) atoms. The van der Waals surface area contributed by atoms with Gasteiger partial charge in [-0.3, -0.25) is 0 Å². The Balaban J connectivity index is 2.64. The van der Waals surface area contributed by atoms with Gasteiger partial charge in [0.15, 0.2) is 5.82 Å². The van der Waals surface area contributed by atoms with E-state index in [1.54, 1.807) is 12.1 Å². The molecule has 0 amide bonds. The SMILES string of the molecule is Fc1cnc(Cl)nc1-c1ccccc1Br. The lowest BCUT2D eigenvalue weighted by molar-refractivity contribution is 0.618. The van der Waals surface area contributed by atoms with Crippen LogP contribution >= 0.6 is 27.5 Å². The normalized spacial score (nSPS) is 10.3. The molecular formula is C10H5BrClFN2. The second kappa shape index (κ2) is 4.24. The summed E-state index contributed by atoms with van der Waals surface area (Å²) in [5.41, 5.74) is 0.849. The molecule has 1 aromatic heterocycles. The van der Waals surface area contributed by atoms with Crippen LogP contribution in [0.15, 0.2) is 34.9 Å². The highest BCUT2D eigenvalue weighted by molar-refractivity contribution is 9.10. The van der Waals surface area contributed by atoms with Crippen molar-refractivity contribution < 1.29 is 4.39 Å². The molecular weight excluding hydrogens is 282 g/mol. The average molecular weight is 288 g/mol. The predicted octanol–water partition coefficient (Wildman–Crippen LogP) is 3.70. The van der Waals surface area contributed by atoms with Crippen LogP contribution in [0.1, 0.15) is 0 Å². The largest absolute Gasteiger partial charge is 0.223 e. The second-order valence-electron chi connectivity index (χ2n) is 2.82. The maximum absolute atomic E-state index is 13.4. The summed E-state index contributed by atoms with van der Waals surface area (Å²) in [6.07, 6.45) is 1.06. The van der Waals surface area contributed by atoms with Crippen LogP contribution < -0.4 is 0 Å². The van der Waals surface area contributed by atoms with Crippen molar-refractivity contribution in [2.45, 2.75) is 0 Å². The summed E-state index contributed by atoms with van der Waals surface area (Å²) in [5, 5.41) is 0.0298. The first kappa shape index (κ1) is 10.5. The standard InChI is InChI=1S/C10H5BrClFN2/c11-7-4-2-1-3-6(7)9-8(13)5-14-10(12)15-9/h1-5H. The number of aromatic nitrogens is 2. The Morgan fingerprint density at radius 2 is 2.00 bits per heavy atom. The van der Waals surface area contributed by atoms with Gasteiger partial charge in [0.1, 0.15) is 5.69 Å². The fraction of sp³-hybridized carbons (Fsp3) is 0. The zero-order valence-electron chi connectivity index (χ0n) is 7.42. The van der Waals surface area contributed by atoms with E-state index in [2.05, 4.69) is 25.9 Å². The van der Waals surface area contributed by atoms with Gasteiger partial charge in [0.2, 0.25) is 5.28 Å². The third-order valence-corrected chi connectivity index (χ3v) is 2.72. The molecule has 0 saturated carbocycles. The highest BCUT2D eigenvalue weighted by Gasteiger charge is 2.10. The van der Waals surface area contributed by atoms with Gasteiger partial charge in [-0.2, -0.15) is 0 Å². The number of benzene rings is 1. The highest BCUT2D eigenvalue weighted by Crippen LogP contribution is 2.28. The minimum Gasteiger partial charge on any atom is -0.223 e. The van der Waals surface area contributed by atoms with Gasteiger partial charge < -0.3 is 0 Å². The Hall–Kier alpha value is -1.00. The molecule has 0 N–H and O–H groups in total. The molecule has 0 aliphatic rings. The lowest BCUT2D eigenvalue weighted by Crippen LogP contribution is -1.93. The second-order valence-corrected chi connectivity index (χ2v) is 4.01. The highest BCUT2D eigenvalue weighted by atomic mass is 79.9. The van der Waals surface area contributed by atoms with E-state index in [-0.39, 0.29) is 11.0 Å². The summed E-state index contributed by atoms with van der Waals surface area (Å²) in [6, 6.07) is 7.21. The van der Waals surface area contributed by atoms with Gasteiger partial charge in [-0.15, -0.1) is 0 Å². The molecule has 0 aliphatic carbocycles. The molecule has 2 rings (SSSR count). The molecule has 0 radical (unpaired) electrons. The quantitative estimate of drug-likeness (QED) is 0.747. The lowest BCUT2D eigenvalue weighted by atomic mass is 10.1. The lowest BCUT2D eigenvalue weighted by Gasteiger charge is -2.04. The molecule has 0 unspecified atom stereocenters. The van der Waals surface area contributed by atoms with Crippen molar-refractivity contribution >= 4 is 27.5 Å². The maximum Gasteiger partial charge on any atom is 0.223 e. The van der Waals surface area contributed by atoms with E-state index in [9.17, 15) is 4.39 Å². The molecule has 76 valence electrons. The Bertz CT molecular complexity index is 505. The average Bonchev–Trinajstić information content (AvgIpc) is 2.23. The van der Waals surface area contributed by atoms with Gasteiger partial charge in [-0.1, -0.05) is 34.1 Å². The van der Waals surface area contributed by atoms with E-state index in [1.165, 1.54) is 0 Å². The van der Waals surface area contributed by atoms with Crippen molar-refractivity contribution in [2.24, 2.45) is 0 Å². The molecule has 0 bridgehead atoms. The molecule has 1 aromatic carbocycles. The van der Waals surface area contributed by atoms with E-state index in [1.807, 2.05) is 12.1 Å². The van der Waals surface area contributed by atoms with E-state index < -0.39 is 5.82 Å². The van der Waals surface area contributed by atoms with Gasteiger partial charge in [0, 0.05) is 10.0 Å². The summed E-state index contributed by atoms with van der Waals surface area (Å²) in [6.45, 7) is 0. The van der Waals surface area contributed by atoms with Crippen LogP contribution in [0.4, 0.5) is 4.39 Å². The van der Waals surface area contributed by atoms with Gasteiger partial charge in [0.05, 0.1) is 6.20 Å². The maximum atomic E-state index is 13.4. The number of nitrogens with zero attached hydrogens (tertiary/aromatic N) is 2. The predicted molar refractivity (Wildman–Crippen MR) is 60.1 cm³/mol. The van der Waals surface area contributed by atoms with Crippen LogP contribution in [0.3, 0.4) is 0 Å². The molecule has 0 fully saturated rings. The van der Waals surface area contributed by atoms with Crippen molar-refractivity contribution in [3.63, 3.8) is 0 Å². The van der Waals surface area contributed by atoms with Crippen molar-refractivity contribution in [3.8, 4) is 11.3 Å². The molecule has 2 aromatic rings. The van der Waals surface area contributed by atoms with Crippen molar-refractivity contribution in [1.82, 2.24) is 9.97 Å². The number of hydrogen-bond acceptors (Lipinski definition) is 2. The van der Waals surface area contributed by atoms with Gasteiger partial charge in [-0.05, 0) is 17.7 Å². The van der Waals surface area contributed by atoms with Crippen molar-refractivity contribution in [1.29, 1.82) is 0 Å². The molecule has 5 heteroatoms. The minimum absolute atomic E-state index is 0.0298. The van der Waals surface area contributed by atoms with E-state index in [4.69, 9.17) is 11.6 Å². The topological polar surface area (TPSA) is 25.8 Å². The number of halogens is 3. The van der Waals surface area contributed by atoms with Crippen molar-refractivity contribution in [3.05, 3.63) is 46.0 Å². The fourth-order valence-corrected chi connectivity index (χ4v) is 1.79. The van der Waals surface area contributed by atoms with Crippen LogP contribution in [0.5, 0.6) is 0 Å². The van der Waals surface area contributed by atoms with Crippen LogP contribution in [0, 0.1) is 5.82 Å². The Morgan fingerprint density at radius 1 is 1.27 bits per heavy atom. The van der Waals surface area contributed by atoms with Crippen LogP contribution in [0.2, 0.25) is 5.28 Å². The Morgan fingerprint density at radius 3 is 2.73 bits per heavy atom. The van der Waals surface area contributed by atoms with Crippen LogP contribution in [-0.4, -0.2) is 9.97 Å². The summed E-state index contributed by atoms with van der Waals surface area (Å²) in [7, 11) is 0. The van der Waals surface area contributed by atoms with Gasteiger partial charge in [-0.25, -0.2) is 14.4 Å². The van der Waals surface area contributed by atoms with Crippen LogP contribution in [0.25, 0.3) is 11.3 Å². The first-order chi connectivity index (χ1) is 7.18. The Labute approximate surface area is 99.3 Å². The smallest absolute Gasteiger partial charge is 0.223 e. The van der Waals surface area contributed by atoms with Gasteiger partial charge in [0.25, 0.3) is 0 Å². The summed E-state index contributed by atoms with van der Waals surface area (Å²) < 4.78 is 14.2. The number of hydrogen-bond donors (Lipinski definition) is 0. The summed E-state index contributed by atoms with van der Waals surface area (Å²) in [5.74, 6) is -0.494. The van der Waals surface area contributed by atoms with Crippen molar-refractivity contribution in [2.75, 3.05) is 0 Å². The summed E-state index contributed by atoms with van der Waals surface area (Å²) in [4.78, 5) is 7.41. The molecule has 0 saturated heterocycles. The molecule has 0 aliphatic heterocycles. The Kier molecular flexibility index (Phi) is 2.98. The van der Waals surface area contributed by atoms with E-state index >= 15 is 0 Å². The van der Waals surface area contributed by atoms with Crippen LogP contribution in [-0.2, 0) is 0 Å². The number of rotatable bonds is 1. The molecule has 1 heterocycles. The molecule has 0 atom stereocenters. The minimum atomic E-state index is -0.494. The first-order valence-electron chi connectivity index (χ1n) is 4.11. The monoisotopic (exact) mass is 286 g/mol. The third-order valence-electron chi connectivity index (χ3n) is 1.84. The third kappa shape index (κ3) is 2.16. The molecule has 2 nitrogen and oxygen atoms in total. The molecule has 0 spiro atoms.